The Morgan fingerprint density at radius 1 is 0.565 bits per heavy atom. The summed E-state index contributed by atoms with van der Waals surface area (Å²) in [6.07, 6.45) is 0. The SMILES string of the molecule is CC1(C)c2ccccc2-c2c(N(c3ccc4c(c3)sc3ccccc34)c3cccc4c3oc3ccc5ccccc5c34)cccc21. The molecule has 9 aromatic rings. The van der Waals surface area contributed by atoms with Gasteiger partial charge in [-0.1, -0.05) is 117 Å². The fourth-order valence-electron chi connectivity index (χ4n) is 7.91. The van der Waals surface area contributed by atoms with Gasteiger partial charge in [-0.3, -0.25) is 0 Å². The predicted octanol–water partition coefficient (Wildman–Crippen LogP) is 12.9. The highest BCUT2D eigenvalue weighted by atomic mass is 32.1. The molecular weight excluding hydrogens is 579 g/mol. The normalized spacial score (nSPS) is 13.6. The van der Waals surface area contributed by atoms with Gasteiger partial charge in [0, 0.05) is 47.6 Å². The van der Waals surface area contributed by atoms with Crippen molar-refractivity contribution in [1.82, 2.24) is 0 Å². The second kappa shape index (κ2) is 9.32. The molecule has 3 heteroatoms. The fraction of sp³-hybridized carbons (Fsp3) is 0.0698. The fourth-order valence-corrected chi connectivity index (χ4v) is 9.05. The summed E-state index contributed by atoms with van der Waals surface area (Å²) in [6, 6.07) is 50.8. The molecule has 218 valence electrons. The van der Waals surface area contributed by atoms with Crippen LogP contribution in [-0.4, -0.2) is 0 Å². The molecular formula is C43H29NOS. The lowest BCUT2D eigenvalue weighted by atomic mass is 9.82. The Balaban J connectivity index is 1.31. The maximum atomic E-state index is 6.84. The van der Waals surface area contributed by atoms with Crippen LogP contribution < -0.4 is 4.90 Å². The topological polar surface area (TPSA) is 16.4 Å². The monoisotopic (exact) mass is 607 g/mol. The third kappa shape index (κ3) is 3.46. The molecule has 1 aliphatic carbocycles. The Morgan fingerprint density at radius 2 is 1.28 bits per heavy atom. The average Bonchev–Trinajstić information content (AvgIpc) is 3.74. The van der Waals surface area contributed by atoms with E-state index in [-0.39, 0.29) is 5.41 Å². The third-order valence-corrected chi connectivity index (χ3v) is 11.2. The molecule has 0 bridgehead atoms. The summed E-state index contributed by atoms with van der Waals surface area (Å²) in [5.41, 5.74) is 10.3. The number of hydrogen-bond acceptors (Lipinski definition) is 3. The molecule has 46 heavy (non-hydrogen) atoms. The van der Waals surface area contributed by atoms with Crippen LogP contribution in [0.4, 0.5) is 17.1 Å². The van der Waals surface area contributed by atoms with E-state index < -0.39 is 0 Å². The van der Waals surface area contributed by atoms with Crippen molar-refractivity contribution < 1.29 is 4.42 Å². The van der Waals surface area contributed by atoms with Crippen LogP contribution in [-0.2, 0) is 5.41 Å². The second-order valence-electron chi connectivity index (χ2n) is 12.9. The number of para-hydroxylation sites is 1. The number of nitrogens with zero attached hydrogens (tertiary/aromatic N) is 1. The van der Waals surface area contributed by atoms with Gasteiger partial charge in [-0.2, -0.15) is 0 Å². The minimum atomic E-state index is -0.104. The Bertz CT molecular complexity index is 2690. The molecule has 0 amide bonds. The molecule has 0 aliphatic heterocycles. The van der Waals surface area contributed by atoms with Crippen molar-refractivity contribution in [3.8, 4) is 11.1 Å². The van der Waals surface area contributed by atoms with E-state index in [1.54, 1.807) is 0 Å². The molecule has 0 radical (unpaired) electrons. The first-order valence-corrected chi connectivity index (χ1v) is 16.7. The van der Waals surface area contributed by atoms with Crippen molar-refractivity contribution in [2.45, 2.75) is 19.3 Å². The van der Waals surface area contributed by atoms with Gasteiger partial charge >= 0.3 is 0 Å². The molecule has 0 N–H and O–H groups in total. The van der Waals surface area contributed by atoms with Crippen LogP contribution in [0.5, 0.6) is 0 Å². The Morgan fingerprint density at radius 3 is 2.22 bits per heavy atom. The Labute approximate surface area is 270 Å². The van der Waals surface area contributed by atoms with Gasteiger partial charge in [-0.15, -0.1) is 11.3 Å². The molecule has 10 rings (SSSR count). The number of thiophene rings is 1. The number of furan rings is 1. The van der Waals surface area contributed by atoms with Crippen molar-refractivity contribution in [3.63, 3.8) is 0 Å². The zero-order chi connectivity index (χ0) is 30.6. The van der Waals surface area contributed by atoms with Crippen molar-refractivity contribution in [3.05, 3.63) is 151 Å². The maximum Gasteiger partial charge on any atom is 0.159 e. The van der Waals surface area contributed by atoms with E-state index in [1.165, 1.54) is 58.6 Å². The average molecular weight is 608 g/mol. The van der Waals surface area contributed by atoms with Crippen molar-refractivity contribution in [1.29, 1.82) is 0 Å². The molecule has 1 aliphatic rings. The minimum absolute atomic E-state index is 0.104. The first kappa shape index (κ1) is 25.9. The molecule has 0 fully saturated rings. The van der Waals surface area contributed by atoms with Gasteiger partial charge in [0.05, 0.1) is 11.4 Å². The van der Waals surface area contributed by atoms with Crippen LogP contribution >= 0.6 is 11.3 Å². The zero-order valence-corrected chi connectivity index (χ0v) is 26.4. The summed E-state index contributed by atoms with van der Waals surface area (Å²) in [5, 5.41) is 7.33. The van der Waals surface area contributed by atoms with E-state index in [1.807, 2.05) is 11.3 Å². The van der Waals surface area contributed by atoms with E-state index in [4.69, 9.17) is 4.42 Å². The summed E-state index contributed by atoms with van der Waals surface area (Å²) in [5.74, 6) is 0. The standard InChI is InChI=1S/C43H29NOS/c1-43(2)33-16-7-5-14-31(33)41-34(43)17-10-18-35(41)44(27-22-23-30-29-13-6-8-20-38(29)46-39(30)25-27)36-19-9-15-32-40-28-12-4-3-11-26(28)21-24-37(40)45-42(32)36/h3-25H,1-2H3. The lowest BCUT2D eigenvalue weighted by Gasteiger charge is -2.29. The second-order valence-corrected chi connectivity index (χ2v) is 14.0. The number of rotatable bonds is 3. The quantitative estimate of drug-likeness (QED) is 0.199. The lowest BCUT2D eigenvalue weighted by Crippen LogP contribution is -2.16. The van der Waals surface area contributed by atoms with Crippen LogP contribution in [0.1, 0.15) is 25.0 Å². The molecule has 2 heterocycles. The Hall–Kier alpha value is -5.38. The number of hydrogen-bond donors (Lipinski definition) is 0. The highest BCUT2D eigenvalue weighted by Crippen LogP contribution is 2.55. The summed E-state index contributed by atoms with van der Waals surface area (Å²) >= 11 is 1.86. The van der Waals surface area contributed by atoms with Gasteiger partial charge in [0.2, 0.25) is 0 Å². The third-order valence-electron chi connectivity index (χ3n) is 10.1. The van der Waals surface area contributed by atoms with Crippen LogP contribution in [0, 0.1) is 0 Å². The summed E-state index contributed by atoms with van der Waals surface area (Å²) < 4.78 is 9.43. The first-order valence-electron chi connectivity index (χ1n) is 15.9. The Kier molecular flexibility index (Phi) is 5.25. The van der Waals surface area contributed by atoms with Crippen LogP contribution in [0.3, 0.4) is 0 Å². The van der Waals surface area contributed by atoms with Crippen LogP contribution in [0.25, 0.3) is 64.0 Å². The van der Waals surface area contributed by atoms with E-state index >= 15 is 0 Å². The maximum absolute atomic E-state index is 6.84. The summed E-state index contributed by atoms with van der Waals surface area (Å²) in [6.45, 7) is 4.69. The van der Waals surface area contributed by atoms with Gasteiger partial charge in [0.15, 0.2) is 5.58 Å². The molecule has 0 spiro atoms. The highest BCUT2D eigenvalue weighted by molar-refractivity contribution is 7.25. The molecule has 0 saturated heterocycles. The van der Waals surface area contributed by atoms with E-state index in [2.05, 4.69) is 158 Å². The summed E-state index contributed by atoms with van der Waals surface area (Å²) in [7, 11) is 0. The van der Waals surface area contributed by atoms with Crippen molar-refractivity contribution in [2.75, 3.05) is 4.90 Å². The van der Waals surface area contributed by atoms with Crippen LogP contribution in [0.2, 0.25) is 0 Å². The lowest BCUT2D eigenvalue weighted by molar-refractivity contribution is 0.660. The predicted molar refractivity (Wildman–Crippen MR) is 196 cm³/mol. The van der Waals surface area contributed by atoms with Gasteiger partial charge in [0.25, 0.3) is 0 Å². The number of fused-ring (bicyclic) bond motifs is 11. The highest BCUT2D eigenvalue weighted by Gasteiger charge is 2.38. The van der Waals surface area contributed by atoms with Crippen molar-refractivity contribution in [2.24, 2.45) is 0 Å². The van der Waals surface area contributed by atoms with Crippen LogP contribution in [0.15, 0.2) is 144 Å². The van der Waals surface area contributed by atoms with Gasteiger partial charge < -0.3 is 9.32 Å². The smallest absolute Gasteiger partial charge is 0.159 e. The van der Waals surface area contributed by atoms with E-state index in [0.717, 1.165) is 33.6 Å². The van der Waals surface area contributed by atoms with E-state index in [9.17, 15) is 0 Å². The zero-order valence-electron chi connectivity index (χ0n) is 25.5. The van der Waals surface area contributed by atoms with E-state index in [0.29, 0.717) is 0 Å². The molecule has 7 aromatic carbocycles. The van der Waals surface area contributed by atoms with Crippen molar-refractivity contribution >= 4 is 81.3 Å². The molecule has 2 nitrogen and oxygen atoms in total. The largest absolute Gasteiger partial charge is 0.454 e. The molecule has 2 aromatic heterocycles. The minimum Gasteiger partial charge on any atom is -0.454 e. The van der Waals surface area contributed by atoms with Gasteiger partial charge in [0.1, 0.15) is 5.58 Å². The molecule has 0 saturated carbocycles. The first-order chi connectivity index (χ1) is 22.6. The number of anilines is 3. The summed E-state index contributed by atoms with van der Waals surface area (Å²) in [4.78, 5) is 2.44. The van der Waals surface area contributed by atoms with Gasteiger partial charge in [-0.05, 0) is 63.9 Å². The number of benzene rings is 7. The molecule has 0 atom stereocenters. The van der Waals surface area contributed by atoms with Gasteiger partial charge in [-0.25, -0.2) is 0 Å². The molecule has 0 unspecified atom stereocenters.